The molecule has 1 atom stereocenters. The summed E-state index contributed by atoms with van der Waals surface area (Å²) < 4.78 is 0. The van der Waals surface area contributed by atoms with Crippen LogP contribution < -0.4 is 5.32 Å². The minimum absolute atomic E-state index is 0.169. The molecule has 0 saturated heterocycles. The van der Waals surface area contributed by atoms with Crippen LogP contribution in [0.25, 0.3) is 0 Å². The largest absolute Gasteiger partial charge is 0.311 e. The number of hydrogen-bond acceptors (Lipinski definition) is 2. The summed E-state index contributed by atoms with van der Waals surface area (Å²) >= 11 is 0. The Morgan fingerprint density at radius 3 is 2.19 bits per heavy atom. The molecule has 0 heterocycles. The molecule has 0 amide bonds. The van der Waals surface area contributed by atoms with Crippen molar-refractivity contribution in [3.05, 3.63) is 0 Å². The standard InChI is InChI=1S/C14H28N2/c1-8-10-16(9-2)13(12(3)4)11-15-14(5,6)7/h1,12-13,15H,9-11H2,2-7H3. The molecule has 0 aliphatic rings. The van der Waals surface area contributed by atoms with Gasteiger partial charge in [-0.3, -0.25) is 4.90 Å². The van der Waals surface area contributed by atoms with E-state index in [0.29, 0.717) is 12.0 Å². The quantitative estimate of drug-likeness (QED) is 0.697. The first kappa shape index (κ1) is 15.5. The van der Waals surface area contributed by atoms with Crippen LogP contribution in [0.2, 0.25) is 0 Å². The van der Waals surface area contributed by atoms with Crippen LogP contribution in [0, 0.1) is 18.3 Å². The number of likely N-dealkylation sites (N-methyl/N-ethyl adjacent to an activating group) is 1. The first-order valence-corrected chi connectivity index (χ1v) is 6.24. The summed E-state index contributed by atoms with van der Waals surface area (Å²) in [5.41, 5.74) is 0.169. The summed E-state index contributed by atoms with van der Waals surface area (Å²) in [5, 5.41) is 3.57. The third-order valence-corrected chi connectivity index (χ3v) is 2.78. The maximum Gasteiger partial charge on any atom is 0.0601 e. The van der Waals surface area contributed by atoms with Gasteiger partial charge in [-0.1, -0.05) is 26.7 Å². The lowest BCUT2D eigenvalue weighted by Gasteiger charge is -2.35. The maximum absolute atomic E-state index is 5.41. The van der Waals surface area contributed by atoms with E-state index in [1.807, 2.05) is 0 Å². The van der Waals surface area contributed by atoms with E-state index in [1.165, 1.54) is 0 Å². The van der Waals surface area contributed by atoms with Crippen molar-refractivity contribution in [2.45, 2.75) is 53.1 Å². The first-order valence-electron chi connectivity index (χ1n) is 6.24. The molecule has 0 aromatic carbocycles. The minimum atomic E-state index is 0.169. The SMILES string of the molecule is C#CCN(CC)C(CNC(C)(C)C)C(C)C. The second-order valence-electron chi connectivity index (χ2n) is 5.71. The molecule has 0 aromatic rings. The smallest absolute Gasteiger partial charge is 0.0601 e. The fourth-order valence-electron chi connectivity index (χ4n) is 1.78. The van der Waals surface area contributed by atoms with Gasteiger partial charge >= 0.3 is 0 Å². The van der Waals surface area contributed by atoms with E-state index in [9.17, 15) is 0 Å². The van der Waals surface area contributed by atoms with Crippen molar-refractivity contribution in [1.82, 2.24) is 10.2 Å². The normalized spacial score (nSPS) is 14.2. The van der Waals surface area contributed by atoms with Gasteiger partial charge in [0.25, 0.3) is 0 Å². The Hall–Kier alpha value is -0.520. The minimum Gasteiger partial charge on any atom is -0.311 e. The van der Waals surface area contributed by atoms with Crippen LogP contribution in [0.1, 0.15) is 41.5 Å². The Labute approximate surface area is 102 Å². The van der Waals surface area contributed by atoms with Crippen molar-refractivity contribution in [2.24, 2.45) is 5.92 Å². The molecular weight excluding hydrogens is 196 g/mol. The maximum atomic E-state index is 5.41. The summed E-state index contributed by atoms with van der Waals surface area (Å²) in [6, 6.07) is 0.514. The van der Waals surface area contributed by atoms with E-state index < -0.39 is 0 Å². The zero-order valence-corrected chi connectivity index (χ0v) is 11.8. The molecular formula is C14H28N2. The zero-order valence-electron chi connectivity index (χ0n) is 11.8. The third kappa shape index (κ3) is 6.15. The fourth-order valence-corrected chi connectivity index (χ4v) is 1.78. The van der Waals surface area contributed by atoms with E-state index >= 15 is 0 Å². The molecule has 0 bridgehead atoms. The molecule has 0 spiro atoms. The Kier molecular flexibility index (Phi) is 6.71. The molecule has 1 unspecified atom stereocenters. The highest BCUT2D eigenvalue weighted by Gasteiger charge is 2.21. The second-order valence-corrected chi connectivity index (χ2v) is 5.71. The molecule has 16 heavy (non-hydrogen) atoms. The van der Waals surface area contributed by atoms with Crippen molar-refractivity contribution < 1.29 is 0 Å². The van der Waals surface area contributed by atoms with E-state index in [4.69, 9.17) is 6.42 Å². The Morgan fingerprint density at radius 1 is 1.31 bits per heavy atom. The lowest BCUT2D eigenvalue weighted by Crippen LogP contribution is -2.50. The Bertz CT molecular complexity index is 220. The molecule has 2 heteroatoms. The Balaban J connectivity index is 4.42. The molecule has 0 fully saturated rings. The lowest BCUT2D eigenvalue weighted by molar-refractivity contribution is 0.168. The van der Waals surface area contributed by atoms with Gasteiger partial charge in [-0.25, -0.2) is 0 Å². The summed E-state index contributed by atoms with van der Waals surface area (Å²) in [6.45, 7) is 16.0. The van der Waals surface area contributed by atoms with Crippen LogP contribution >= 0.6 is 0 Å². The van der Waals surface area contributed by atoms with E-state index in [1.54, 1.807) is 0 Å². The predicted molar refractivity (Wildman–Crippen MR) is 72.5 cm³/mol. The zero-order chi connectivity index (χ0) is 12.8. The highest BCUT2D eigenvalue weighted by atomic mass is 15.2. The van der Waals surface area contributed by atoms with Crippen LogP contribution in [0.5, 0.6) is 0 Å². The number of rotatable bonds is 6. The second kappa shape index (κ2) is 6.93. The molecule has 2 nitrogen and oxygen atoms in total. The molecule has 0 radical (unpaired) electrons. The monoisotopic (exact) mass is 224 g/mol. The number of nitrogens with one attached hydrogen (secondary N) is 1. The van der Waals surface area contributed by atoms with Gasteiger partial charge in [0.05, 0.1) is 6.54 Å². The van der Waals surface area contributed by atoms with Crippen molar-refractivity contribution >= 4 is 0 Å². The highest BCUT2D eigenvalue weighted by Crippen LogP contribution is 2.11. The molecule has 0 aliphatic carbocycles. The molecule has 1 N–H and O–H groups in total. The van der Waals surface area contributed by atoms with Gasteiger partial charge in [-0.2, -0.15) is 0 Å². The fraction of sp³-hybridized carbons (Fsp3) is 0.857. The van der Waals surface area contributed by atoms with Gasteiger partial charge in [0.1, 0.15) is 0 Å². The average molecular weight is 224 g/mol. The Morgan fingerprint density at radius 2 is 1.88 bits per heavy atom. The molecule has 94 valence electrons. The summed E-state index contributed by atoms with van der Waals surface area (Å²) in [6.07, 6.45) is 5.41. The average Bonchev–Trinajstić information content (AvgIpc) is 2.14. The number of nitrogens with zero attached hydrogens (tertiary/aromatic N) is 1. The summed E-state index contributed by atoms with van der Waals surface area (Å²) in [4.78, 5) is 2.36. The van der Waals surface area contributed by atoms with Crippen LogP contribution in [0.3, 0.4) is 0 Å². The summed E-state index contributed by atoms with van der Waals surface area (Å²) in [7, 11) is 0. The van der Waals surface area contributed by atoms with Gasteiger partial charge in [-0.05, 0) is 33.2 Å². The topological polar surface area (TPSA) is 15.3 Å². The van der Waals surface area contributed by atoms with Gasteiger partial charge in [-0.15, -0.1) is 6.42 Å². The molecule has 0 saturated carbocycles. The van der Waals surface area contributed by atoms with Crippen molar-refractivity contribution in [2.75, 3.05) is 19.6 Å². The molecule has 0 aliphatic heterocycles. The molecule has 0 aromatic heterocycles. The van der Waals surface area contributed by atoms with E-state index in [0.717, 1.165) is 19.6 Å². The summed E-state index contributed by atoms with van der Waals surface area (Å²) in [5.74, 6) is 3.36. The van der Waals surface area contributed by atoms with E-state index in [-0.39, 0.29) is 5.54 Å². The highest BCUT2D eigenvalue weighted by molar-refractivity contribution is 4.91. The van der Waals surface area contributed by atoms with Crippen molar-refractivity contribution in [3.63, 3.8) is 0 Å². The number of hydrogen-bond donors (Lipinski definition) is 1. The van der Waals surface area contributed by atoms with Crippen LogP contribution in [0.15, 0.2) is 0 Å². The third-order valence-electron chi connectivity index (χ3n) is 2.78. The number of terminal acetylenes is 1. The lowest BCUT2D eigenvalue weighted by atomic mass is 10.0. The van der Waals surface area contributed by atoms with Crippen LogP contribution in [0.4, 0.5) is 0 Å². The van der Waals surface area contributed by atoms with Crippen LogP contribution in [-0.2, 0) is 0 Å². The van der Waals surface area contributed by atoms with E-state index in [2.05, 4.69) is 57.7 Å². The van der Waals surface area contributed by atoms with Gasteiger partial charge in [0, 0.05) is 18.1 Å². The van der Waals surface area contributed by atoms with Gasteiger partial charge < -0.3 is 5.32 Å². The van der Waals surface area contributed by atoms with Crippen LogP contribution in [-0.4, -0.2) is 36.1 Å². The first-order chi connectivity index (χ1) is 7.31. The van der Waals surface area contributed by atoms with Crippen molar-refractivity contribution in [1.29, 1.82) is 0 Å². The van der Waals surface area contributed by atoms with Gasteiger partial charge in [0.15, 0.2) is 0 Å². The predicted octanol–water partition coefficient (Wildman–Crippen LogP) is 2.35. The van der Waals surface area contributed by atoms with Crippen molar-refractivity contribution in [3.8, 4) is 12.3 Å². The van der Waals surface area contributed by atoms with Gasteiger partial charge in [0.2, 0.25) is 0 Å². The molecule has 0 rings (SSSR count).